The molecule has 0 fully saturated rings. The third-order valence-electron chi connectivity index (χ3n) is 2.75. The van der Waals surface area contributed by atoms with Crippen molar-refractivity contribution in [2.24, 2.45) is 0 Å². The monoisotopic (exact) mass is 186 g/mol. The van der Waals surface area contributed by atoms with Crippen LogP contribution in [0.25, 0.3) is 11.0 Å². The second-order valence-corrected chi connectivity index (χ2v) is 3.67. The van der Waals surface area contributed by atoms with Crippen LogP contribution >= 0.6 is 0 Å². The first-order valence-electron chi connectivity index (χ1n) is 4.90. The molecule has 1 aromatic heterocycles. The van der Waals surface area contributed by atoms with Crippen LogP contribution in [0.3, 0.4) is 0 Å². The van der Waals surface area contributed by atoms with Gasteiger partial charge in [0, 0.05) is 18.2 Å². The Morgan fingerprint density at radius 2 is 2.00 bits per heavy atom. The molecule has 1 aliphatic rings. The quantitative estimate of drug-likeness (QED) is 0.633. The Morgan fingerprint density at radius 3 is 2.93 bits per heavy atom. The average Bonchev–Trinajstić information content (AvgIpc) is 2.57. The van der Waals surface area contributed by atoms with Crippen LogP contribution in [0.4, 0.5) is 0 Å². The minimum atomic E-state index is 0.233. The summed E-state index contributed by atoms with van der Waals surface area (Å²) in [5.41, 5.74) is 1.67. The van der Waals surface area contributed by atoms with Crippen molar-refractivity contribution in [3.05, 3.63) is 35.6 Å². The molecule has 0 unspecified atom stereocenters. The number of Topliss-reactive ketones (excluding diaryl/α,β-unsaturated/α-hetero) is 1. The number of carbonyl (C=O) groups is 1. The van der Waals surface area contributed by atoms with E-state index in [1.54, 1.807) is 0 Å². The first-order valence-corrected chi connectivity index (χ1v) is 4.90. The van der Waals surface area contributed by atoms with Gasteiger partial charge >= 0.3 is 0 Å². The molecule has 0 saturated heterocycles. The molecule has 70 valence electrons. The highest BCUT2D eigenvalue weighted by Crippen LogP contribution is 2.31. The summed E-state index contributed by atoms with van der Waals surface area (Å²) < 4.78 is 5.64. The largest absolute Gasteiger partial charge is 0.460 e. The fourth-order valence-corrected chi connectivity index (χ4v) is 2.11. The summed E-state index contributed by atoms with van der Waals surface area (Å²) in [6.07, 6.45) is 2.48. The summed E-state index contributed by atoms with van der Waals surface area (Å²) in [4.78, 5) is 11.7. The minimum Gasteiger partial charge on any atom is -0.460 e. The van der Waals surface area contributed by atoms with E-state index in [1.807, 2.05) is 24.3 Å². The lowest BCUT2D eigenvalue weighted by molar-refractivity contribution is 0.0971. The van der Waals surface area contributed by atoms with Crippen LogP contribution in [-0.4, -0.2) is 5.78 Å². The highest BCUT2D eigenvalue weighted by molar-refractivity contribution is 6.09. The molecule has 2 heteroatoms. The maximum atomic E-state index is 11.7. The molecular formula is C12H10O2. The Balaban J connectivity index is 2.39. The van der Waals surface area contributed by atoms with Crippen molar-refractivity contribution in [3.63, 3.8) is 0 Å². The predicted octanol–water partition coefficient (Wildman–Crippen LogP) is 2.95. The van der Waals surface area contributed by atoms with Crippen molar-refractivity contribution in [2.75, 3.05) is 0 Å². The van der Waals surface area contributed by atoms with Gasteiger partial charge in [-0.05, 0) is 12.5 Å². The fraction of sp³-hybridized carbons (Fsp3) is 0.250. The number of carbonyl (C=O) groups excluding carboxylic acids is 1. The molecule has 2 nitrogen and oxygen atoms in total. The highest BCUT2D eigenvalue weighted by atomic mass is 16.3. The van der Waals surface area contributed by atoms with Crippen LogP contribution in [0, 0.1) is 0 Å². The SMILES string of the molecule is O=C1CCCc2oc3ccccc3c21. The zero-order valence-corrected chi connectivity index (χ0v) is 7.75. The van der Waals surface area contributed by atoms with Gasteiger partial charge in [0.05, 0.1) is 5.56 Å². The first kappa shape index (κ1) is 7.80. The second-order valence-electron chi connectivity index (χ2n) is 3.67. The lowest BCUT2D eigenvalue weighted by Gasteiger charge is -2.07. The second kappa shape index (κ2) is 2.71. The average molecular weight is 186 g/mol. The number of fused-ring (bicyclic) bond motifs is 3. The minimum absolute atomic E-state index is 0.233. The lowest BCUT2D eigenvalue weighted by atomic mass is 9.95. The molecular weight excluding hydrogens is 176 g/mol. The van der Waals surface area contributed by atoms with Crippen LogP contribution in [0.5, 0.6) is 0 Å². The van der Waals surface area contributed by atoms with Gasteiger partial charge in [0.15, 0.2) is 5.78 Å². The van der Waals surface area contributed by atoms with Crippen molar-refractivity contribution in [2.45, 2.75) is 19.3 Å². The van der Waals surface area contributed by atoms with E-state index in [0.717, 1.165) is 35.1 Å². The number of furan rings is 1. The molecule has 1 aromatic carbocycles. The third-order valence-corrected chi connectivity index (χ3v) is 2.75. The fourth-order valence-electron chi connectivity index (χ4n) is 2.11. The summed E-state index contributed by atoms with van der Waals surface area (Å²) in [5, 5.41) is 0.979. The number of aryl methyl sites for hydroxylation is 1. The van der Waals surface area contributed by atoms with Crippen molar-refractivity contribution < 1.29 is 9.21 Å². The number of ketones is 1. The topological polar surface area (TPSA) is 30.2 Å². The Labute approximate surface area is 81.5 Å². The molecule has 14 heavy (non-hydrogen) atoms. The summed E-state index contributed by atoms with van der Waals surface area (Å²) in [6.45, 7) is 0. The van der Waals surface area contributed by atoms with E-state index in [1.165, 1.54) is 0 Å². The normalized spacial score (nSPS) is 15.9. The molecule has 0 saturated carbocycles. The van der Waals surface area contributed by atoms with E-state index in [0.29, 0.717) is 6.42 Å². The van der Waals surface area contributed by atoms with E-state index in [4.69, 9.17) is 4.42 Å². The van der Waals surface area contributed by atoms with E-state index in [9.17, 15) is 4.79 Å². The number of rotatable bonds is 0. The van der Waals surface area contributed by atoms with E-state index in [2.05, 4.69) is 0 Å². The van der Waals surface area contributed by atoms with Crippen LogP contribution in [0.15, 0.2) is 28.7 Å². The Morgan fingerprint density at radius 1 is 1.14 bits per heavy atom. The third kappa shape index (κ3) is 0.939. The van der Waals surface area contributed by atoms with Crippen molar-refractivity contribution in [1.29, 1.82) is 0 Å². The predicted molar refractivity (Wildman–Crippen MR) is 53.5 cm³/mol. The lowest BCUT2D eigenvalue weighted by Crippen LogP contribution is -2.07. The summed E-state index contributed by atoms with van der Waals surface area (Å²) in [6, 6.07) is 7.75. The Hall–Kier alpha value is -1.57. The summed E-state index contributed by atoms with van der Waals surface area (Å²) in [7, 11) is 0. The molecule has 0 radical (unpaired) electrons. The summed E-state index contributed by atoms with van der Waals surface area (Å²) in [5.74, 6) is 1.11. The van der Waals surface area contributed by atoms with Gasteiger partial charge in [-0.3, -0.25) is 4.79 Å². The number of para-hydroxylation sites is 1. The van der Waals surface area contributed by atoms with Gasteiger partial charge in [-0.2, -0.15) is 0 Å². The molecule has 1 heterocycles. The zero-order chi connectivity index (χ0) is 9.54. The van der Waals surface area contributed by atoms with Crippen LogP contribution in [0.2, 0.25) is 0 Å². The standard InChI is InChI=1S/C12H10O2/c13-9-5-3-7-11-12(9)8-4-1-2-6-10(8)14-11/h1-2,4,6H,3,5,7H2. The maximum absolute atomic E-state index is 11.7. The smallest absolute Gasteiger partial charge is 0.167 e. The number of hydrogen-bond acceptors (Lipinski definition) is 2. The molecule has 0 spiro atoms. The zero-order valence-electron chi connectivity index (χ0n) is 7.75. The van der Waals surface area contributed by atoms with Crippen molar-refractivity contribution >= 4 is 16.8 Å². The number of benzene rings is 1. The van der Waals surface area contributed by atoms with Gasteiger partial charge in [0.2, 0.25) is 0 Å². The van der Waals surface area contributed by atoms with Gasteiger partial charge in [0.1, 0.15) is 11.3 Å². The van der Waals surface area contributed by atoms with E-state index < -0.39 is 0 Å². The first-order chi connectivity index (χ1) is 6.86. The van der Waals surface area contributed by atoms with Crippen LogP contribution in [0.1, 0.15) is 29.0 Å². The van der Waals surface area contributed by atoms with Crippen molar-refractivity contribution in [3.8, 4) is 0 Å². The highest BCUT2D eigenvalue weighted by Gasteiger charge is 2.23. The summed E-state index contributed by atoms with van der Waals surface area (Å²) >= 11 is 0. The molecule has 0 aliphatic heterocycles. The molecule has 3 rings (SSSR count). The van der Waals surface area contributed by atoms with Gasteiger partial charge in [0.25, 0.3) is 0 Å². The van der Waals surface area contributed by atoms with E-state index >= 15 is 0 Å². The maximum Gasteiger partial charge on any atom is 0.167 e. The van der Waals surface area contributed by atoms with E-state index in [-0.39, 0.29) is 5.78 Å². The van der Waals surface area contributed by atoms with Crippen molar-refractivity contribution in [1.82, 2.24) is 0 Å². The van der Waals surface area contributed by atoms with Gasteiger partial charge < -0.3 is 4.42 Å². The van der Waals surface area contributed by atoms with Gasteiger partial charge in [-0.25, -0.2) is 0 Å². The van der Waals surface area contributed by atoms with Gasteiger partial charge in [-0.15, -0.1) is 0 Å². The molecule has 1 aliphatic carbocycles. The van der Waals surface area contributed by atoms with Gasteiger partial charge in [-0.1, -0.05) is 18.2 Å². The molecule has 0 N–H and O–H groups in total. The molecule has 0 atom stereocenters. The molecule has 2 aromatic rings. The molecule has 0 bridgehead atoms. The molecule has 0 amide bonds. The van der Waals surface area contributed by atoms with Crippen LogP contribution < -0.4 is 0 Å². The Bertz CT molecular complexity index is 508. The Kier molecular flexibility index (Phi) is 1.51. The van der Waals surface area contributed by atoms with Crippen LogP contribution in [-0.2, 0) is 6.42 Å². The number of hydrogen-bond donors (Lipinski definition) is 0.